The van der Waals surface area contributed by atoms with E-state index >= 15 is 0 Å². The SMILES string of the molecule is CCOc1cccc(C[NH+]2CCCC[C@@H]2c2cccnc2)c1. The molecule has 1 aliphatic rings. The van der Waals surface area contributed by atoms with Gasteiger partial charge in [0, 0.05) is 29.9 Å². The van der Waals surface area contributed by atoms with Crippen LogP contribution in [0.2, 0.25) is 0 Å². The van der Waals surface area contributed by atoms with Crippen LogP contribution in [0.25, 0.3) is 0 Å². The van der Waals surface area contributed by atoms with E-state index in [0.29, 0.717) is 6.04 Å². The number of ether oxygens (including phenoxy) is 1. The Bertz CT molecular complexity index is 585. The molecule has 0 amide bonds. The summed E-state index contributed by atoms with van der Waals surface area (Å²) in [6.45, 7) is 5.04. The molecule has 2 heterocycles. The molecular weight excluding hydrogens is 272 g/mol. The van der Waals surface area contributed by atoms with Gasteiger partial charge in [-0.2, -0.15) is 0 Å². The van der Waals surface area contributed by atoms with E-state index in [9.17, 15) is 0 Å². The summed E-state index contributed by atoms with van der Waals surface area (Å²) < 4.78 is 5.63. The van der Waals surface area contributed by atoms with Crippen LogP contribution in [-0.4, -0.2) is 18.1 Å². The van der Waals surface area contributed by atoms with Gasteiger partial charge in [-0.1, -0.05) is 18.2 Å². The summed E-state index contributed by atoms with van der Waals surface area (Å²) >= 11 is 0. The van der Waals surface area contributed by atoms with Crippen molar-refractivity contribution in [1.29, 1.82) is 0 Å². The molecule has 1 aromatic carbocycles. The predicted molar refractivity (Wildman–Crippen MR) is 88.0 cm³/mol. The van der Waals surface area contributed by atoms with Gasteiger partial charge in [-0.15, -0.1) is 0 Å². The molecule has 1 saturated heterocycles. The van der Waals surface area contributed by atoms with Crippen molar-refractivity contribution in [1.82, 2.24) is 4.98 Å². The molecule has 3 heteroatoms. The van der Waals surface area contributed by atoms with E-state index in [4.69, 9.17) is 4.74 Å². The molecule has 2 aromatic rings. The molecule has 1 fully saturated rings. The molecule has 22 heavy (non-hydrogen) atoms. The van der Waals surface area contributed by atoms with Crippen molar-refractivity contribution < 1.29 is 9.64 Å². The first-order valence-electron chi connectivity index (χ1n) is 8.33. The smallest absolute Gasteiger partial charge is 0.119 e. The van der Waals surface area contributed by atoms with Crippen LogP contribution < -0.4 is 9.64 Å². The van der Waals surface area contributed by atoms with Crippen molar-refractivity contribution in [3.63, 3.8) is 0 Å². The summed E-state index contributed by atoms with van der Waals surface area (Å²) in [5.74, 6) is 0.981. The number of nitrogens with one attached hydrogen (secondary N) is 1. The van der Waals surface area contributed by atoms with Crippen LogP contribution >= 0.6 is 0 Å². The Morgan fingerprint density at radius 1 is 1.23 bits per heavy atom. The lowest BCUT2D eigenvalue weighted by Crippen LogP contribution is -3.11. The minimum absolute atomic E-state index is 0.568. The monoisotopic (exact) mass is 297 g/mol. The minimum atomic E-state index is 0.568. The number of hydrogen-bond donors (Lipinski definition) is 1. The Kier molecular flexibility index (Phi) is 5.07. The molecular formula is C19H25N2O+. The molecule has 1 N–H and O–H groups in total. The van der Waals surface area contributed by atoms with Gasteiger partial charge in [-0.25, -0.2) is 0 Å². The molecule has 116 valence electrons. The Labute approximate surface area is 132 Å². The maximum Gasteiger partial charge on any atom is 0.119 e. The third-order valence-corrected chi connectivity index (χ3v) is 4.46. The van der Waals surface area contributed by atoms with Crippen molar-refractivity contribution >= 4 is 0 Å². The van der Waals surface area contributed by atoms with Crippen molar-refractivity contribution in [2.45, 2.75) is 38.8 Å². The zero-order chi connectivity index (χ0) is 15.2. The van der Waals surface area contributed by atoms with Crippen molar-refractivity contribution in [2.75, 3.05) is 13.2 Å². The normalized spacial score (nSPS) is 21.5. The number of piperidine rings is 1. The van der Waals surface area contributed by atoms with E-state index in [1.54, 1.807) is 4.90 Å². The van der Waals surface area contributed by atoms with Gasteiger partial charge in [0.15, 0.2) is 0 Å². The van der Waals surface area contributed by atoms with Gasteiger partial charge in [-0.3, -0.25) is 4.98 Å². The zero-order valence-electron chi connectivity index (χ0n) is 13.3. The molecule has 3 rings (SSSR count). The fourth-order valence-corrected chi connectivity index (χ4v) is 3.45. The number of likely N-dealkylation sites (tertiary alicyclic amines) is 1. The van der Waals surface area contributed by atoms with Crippen LogP contribution in [-0.2, 0) is 6.54 Å². The topological polar surface area (TPSA) is 26.6 Å². The third kappa shape index (κ3) is 3.66. The quantitative estimate of drug-likeness (QED) is 0.918. The molecule has 0 spiro atoms. The van der Waals surface area contributed by atoms with Crippen LogP contribution in [0.1, 0.15) is 43.4 Å². The fraction of sp³-hybridized carbons (Fsp3) is 0.421. The van der Waals surface area contributed by atoms with Gasteiger partial charge < -0.3 is 9.64 Å². The maximum atomic E-state index is 5.63. The highest BCUT2D eigenvalue weighted by Crippen LogP contribution is 2.20. The van der Waals surface area contributed by atoms with Crippen molar-refractivity contribution in [3.8, 4) is 5.75 Å². The molecule has 0 bridgehead atoms. The van der Waals surface area contributed by atoms with E-state index in [1.165, 1.54) is 36.9 Å². The fourth-order valence-electron chi connectivity index (χ4n) is 3.45. The molecule has 0 saturated carbocycles. The van der Waals surface area contributed by atoms with Gasteiger partial charge in [0.2, 0.25) is 0 Å². The minimum Gasteiger partial charge on any atom is -0.494 e. The van der Waals surface area contributed by atoms with Crippen LogP contribution in [0.4, 0.5) is 0 Å². The van der Waals surface area contributed by atoms with Crippen LogP contribution in [0, 0.1) is 0 Å². The Morgan fingerprint density at radius 3 is 3.00 bits per heavy atom. The second kappa shape index (κ2) is 7.41. The van der Waals surface area contributed by atoms with E-state index < -0.39 is 0 Å². The number of benzene rings is 1. The molecule has 1 unspecified atom stereocenters. The highest BCUT2D eigenvalue weighted by molar-refractivity contribution is 5.28. The highest BCUT2D eigenvalue weighted by Gasteiger charge is 2.27. The van der Waals surface area contributed by atoms with Gasteiger partial charge in [-0.05, 0) is 38.0 Å². The van der Waals surface area contributed by atoms with Crippen molar-refractivity contribution in [3.05, 3.63) is 59.9 Å². The lowest BCUT2D eigenvalue weighted by molar-refractivity contribution is -0.950. The van der Waals surface area contributed by atoms with E-state index in [0.717, 1.165) is 18.9 Å². The second-order valence-electron chi connectivity index (χ2n) is 6.00. The largest absolute Gasteiger partial charge is 0.494 e. The number of hydrogen-bond acceptors (Lipinski definition) is 2. The lowest BCUT2D eigenvalue weighted by Gasteiger charge is -2.32. The molecule has 3 nitrogen and oxygen atoms in total. The Morgan fingerprint density at radius 2 is 2.18 bits per heavy atom. The summed E-state index contributed by atoms with van der Waals surface area (Å²) in [6, 6.07) is 13.4. The lowest BCUT2D eigenvalue weighted by atomic mass is 9.96. The molecule has 0 radical (unpaired) electrons. The van der Waals surface area contributed by atoms with E-state index in [-0.39, 0.29) is 0 Å². The van der Waals surface area contributed by atoms with Crippen LogP contribution in [0.5, 0.6) is 5.75 Å². The van der Waals surface area contributed by atoms with Gasteiger partial charge >= 0.3 is 0 Å². The third-order valence-electron chi connectivity index (χ3n) is 4.46. The van der Waals surface area contributed by atoms with E-state index in [2.05, 4.69) is 35.3 Å². The first-order chi connectivity index (χ1) is 10.9. The second-order valence-corrected chi connectivity index (χ2v) is 6.00. The number of quaternary nitrogens is 1. The Balaban J connectivity index is 1.75. The maximum absolute atomic E-state index is 5.63. The summed E-state index contributed by atoms with van der Waals surface area (Å²) in [6.07, 6.45) is 7.79. The predicted octanol–water partition coefficient (Wildman–Crippen LogP) is 2.79. The standard InChI is InChI=1S/C19H24N2O/c1-2-22-18-9-5-7-16(13-18)15-21-12-4-3-10-19(21)17-8-6-11-20-14-17/h5-9,11,13-14,19H,2-4,10,12,15H2,1H3/p+1/t19-/m1/s1. The van der Waals surface area contributed by atoms with Crippen LogP contribution in [0.3, 0.4) is 0 Å². The highest BCUT2D eigenvalue weighted by atomic mass is 16.5. The summed E-state index contributed by atoms with van der Waals surface area (Å²) in [5.41, 5.74) is 2.73. The first-order valence-corrected chi connectivity index (χ1v) is 8.33. The average molecular weight is 297 g/mol. The molecule has 1 aliphatic heterocycles. The van der Waals surface area contributed by atoms with Crippen molar-refractivity contribution in [2.24, 2.45) is 0 Å². The zero-order valence-corrected chi connectivity index (χ0v) is 13.3. The first kappa shape index (κ1) is 15.0. The van der Waals surface area contributed by atoms with Gasteiger partial charge in [0.25, 0.3) is 0 Å². The number of nitrogens with zero attached hydrogens (tertiary/aromatic N) is 1. The van der Waals surface area contributed by atoms with E-state index in [1.807, 2.05) is 25.4 Å². The summed E-state index contributed by atoms with van der Waals surface area (Å²) in [5, 5.41) is 0. The van der Waals surface area contributed by atoms with Crippen LogP contribution in [0.15, 0.2) is 48.8 Å². The molecule has 1 aromatic heterocycles. The summed E-state index contributed by atoms with van der Waals surface area (Å²) in [7, 11) is 0. The van der Waals surface area contributed by atoms with Gasteiger partial charge in [0.1, 0.15) is 18.3 Å². The van der Waals surface area contributed by atoms with Gasteiger partial charge in [0.05, 0.1) is 13.2 Å². The average Bonchev–Trinajstić information content (AvgIpc) is 2.57. The number of rotatable bonds is 5. The number of aromatic nitrogens is 1. The summed E-state index contributed by atoms with van der Waals surface area (Å²) in [4.78, 5) is 5.95. The molecule has 2 atom stereocenters. The Hall–Kier alpha value is -1.87. The number of pyridine rings is 1. The molecule has 0 aliphatic carbocycles.